The Bertz CT molecular complexity index is 561. The van der Waals surface area contributed by atoms with Crippen LogP contribution >= 0.6 is 15.9 Å². The van der Waals surface area contributed by atoms with E-state index < -0.39 is 0 Å². The molecule has 0 fully saturated rings. The molecule has 100 valence electrons. The molecule has 2 aromatic rings. The molecule has 0 atom stereocenters. The van der Waals surface area contributed by atoms with Gasteiger partial charge in [0.05, 0.1) is 0 Å². The smallest absolute Gasteiger partial charge is 0.135 e. The van der Waals surface area contributed by atoms with Crippen molar-refractivity contribution in [1.29, 1.82) is 0 Å². The van der Waals surface area contributed by atoms with Crippen molar-refractivity contribution < 1.29 is 0 Å². The molecule has 1 aromatic carbocycles. The molecule has 0 aliphatic carbocycles. The Labute approximate surface area is 123 Å². The molecule has 2 rings (SSSR count). The summed E-state index contributed by atoms with van der Waals surface area (Å²) in [5.41, 5.74) is 3.67. The van der Waals surface area contributed by atoms with Crippen molar-refractivity contribution >= 4 is 27.4 Å². The van der Waals surface area contributed by atoms with Crippen molar-refractivity contribution in [2.75, 3.05) is 11.9 Å². The van der Waals surface area contributed by atoms with Crippen LogP contribution in [0.1, 0.15) is 30.9 Å². The lowest BCUT2D eigenvalue weighted by Crippen LogP contribution is -2.12. The maximum Gasteiger partial charge on any atom is 0.135 e. The van der Waals surface area contributed by atoms with E-state index >= 15 is 0 Å². The molecule has 0 spiro atoms. The van der Waals surface area contributed by atoms with Gasteiger partial charge in [-0.05, 0) is 58.1 Å². The minimum absolute atomic E-state index is 0.562. The van der Waals surface area contributed by atoms with E-state index in [0.717, 1.165) is 21.5 Å². The molecule has 0 N–H and O–H groups in total. The molecule has 0 aliphatic heterocycles. The van der Waals surface area contributed by atoms with Crippen molar-refractivity contribution in [3.8, 4) is 0 Å². The number of hydrogen-bond acceptors (Lipinski definition) is 2. The normalized spacial score (nSPS) is 10.8. The topological polar surface area (TPSA) is 16.1 Å². The lowest BCUT2D eigenvalue weighted by atomic mass is 10.0. The Kier molecular flexibility index (Phi) is 4.25. The summed E-state index contributed by atoms with van der Waals surface area (Å²) in [6.45, 7) is 6.49. The van der Waals surface area contributed by atoms with Crippen LogP contribution in [-0.4, -0.2) is 12.0 Å². The van der Waals surface area contributed by atoms with Gasteiger partial charge >= 0.3 is 0 Å². The van der Waals surface area contributed by atoms with Crippen LogP contribution in [-0.2, 0) is 0 Å². The molecular weight excluding hydrogens is 300 g/mol. The molecule has 0 bridgehead atoms. The molecule has 19 heavy (non-hydrogen) atoms. The van der Waals surface area contributed by atoms with Gasteiger partial charge in [-0.3, -0.25) is 0 Å². The zero-order valence-electron chi connectivity index (χ0n) is 11.8. The fraction of sp³-hybridized carbons (Fsp3) is 0.312. The highest BCUT2D eigenvalue weighted by molar-refractivity contribution is 9.10. The maximum absolute atomic E-state index is 4.49. The highest BCUT2D eigenvalue weighted by atomic mass is 79.9. The van der Waals surface area contributed by atoms with E-state index in [0.29, 0.717) is 5.92 Å². The van der Waals surface area contributed by atoms with Crippen LogP contribution in [0.2, 0.25) is 0 Å². The number of hydrogen-bond donors (Lipinski definition) is 0. The molecule has 0 saturated carbocycles. The number of nitrogens with zero attached hydrogens (tertiary/aromatic N) is 2. The second-order valence-corrected chi connectivity index (χ2v) is 6.01. The number of rotatable bonds is 3. The van der Waals surface area contributed by atoms with Crippen LogP contribution in [0.25, 0.3) is 0 Å². The van der Waals surface area contributed by atoms with Gasteiger partial charge in [0.2, 0.25) is 0 Å². The van der Waals surface area contributed by atoms with Gasteiger partial charge in [-0.15, -0.1) is 0 Å². The van der Waals surface area contributed by atoms with Gasteiger partial charge in [-0.2, -0.15) is 0 Å². The predicted molar refractivity (Wildman–Crippen MR) is 85.3 cm³/mol. The first kappa shape index (κ1) is 14.1. The van der Waals surface area contributed by atoms with E-state index in [1.807, 2.05) is 13.2 Å². The maximum atomic E-state index is 4.49. The standard InChI is InChI=1S/C16H19BrN2/c1-11(2)13-5-7-15(8-6-13)19(4)16-12(3)9-14(17)10-18-16/h5-11H,1-4H3. The summed E-state index contributed by atoms with van der Waals surface area (Å²) in [6.07, 6.45) is 1.83. The van der Waals surface area contributed by atoms with Crippen LogP contribution in [0.15, 0.2) is 41.0 Å². The van der Waals surface area contributed by atoms with Gasteiger partial charge in [-0.1, -0.05) is 26.0 Å². The third-order valence-electron chi connectivity index (χ3n) is 3.28. The molecule has 1 aromatic heterocycles. The minimum Gasteiger partial charge on any atom is -0.329 e. The number of benzene rings is 1. The molecule has 0 unspecified atom stereocenters. The van der Waals surface area contributed by atoms with Crippen molar-refractivity contribution in [3.05, 3.63) is 52.1 Å². The number of pyridine rings is 1. The summed E-state index contributed by atoms with van der Waals surface area (Å²) in [6, 6.07) is 10.8. The molecule has 0 amide bonds. The van der Waals surface area contributed by atoms with Crippen molar-refractivity contribution in [1.82, 2.24) is 4.98 Å². The Morgan fingerprint density at radius 1 is 1.16 bits per heavy atom. The molecular formula is C16H19BrN2. The summed E-state index contributed by atoms with van der Waals surface area (Å²) in [4.78, 5) is 6.61. The van der Waals surface area contributed by atoms with Crippen LogP contribution in [0.4, 0.5) is 11.5 Å². The highest BCUT2D eigenvalue weighted by Crippen LogP contribution is 2.27. The first-order valence-electron chi connectivity index (χ1n) is 6.45. The average Bonchev–Trinajstić information content (AvgIpc) is 2.38. The third kappa shape index (κ3) is 3.16. The number of aryl methyl sites for hydroxylation is 1. The van der Waals surface area contributed by atoms with Gasteiger partial charge in [0.25, 0.3) is 0 Å². The van der Waals surface area contributed by atoms with Crippen LogP contribution in [0, 0.1) is 6.92 Å². The Morgan fingerprint density at radius 2 is 1.79 bits per heavy atom. The second-order valence-electron chi connectivity index (χ2n) is 5.10. The minimum atomic E-state index is 0.562. The van der Waals surface area contributed by atoms with Crippen molar-refractivity contribution in [2.45, 2.75) is 26.7 Å². The second kappa shape index (κ2) is 5.74. The molecule has 0 saturated heterocycles. The van der Waals surface area contributed by atoms with Crippen molar-refractivity contribution in [3.63, 3.8) is 0 Å². The highest BCUT2D eigenvalue weighted by Gasteiger charge is 2.09. The number of halogens is 1. The van der Waals surface area contributed by atoms with E-state index in [2.05, 4.69) is 76.9 Å². The Morgan fingerprint density at radius 3 is 2.32 bits per heavy atom. The number of aromatic nitrogens is 1. The quantitative estimate of drug-likeness (QED) is 0.787. The van der Waals surface area contributed by atoms with E-state index in [1.54, 1.807) is 0 Å². The Hall–Kier alpha value is -1.35. The molecule has 1 heterocycles. The van der Waals surface area contributed by atoms with E-state index in [1.165, 1.54) is 5.56 Å². The van der Waals surface area contributed by atoms with E-state index in [9.17, 15) is 0 Å². The third-order valence-corrected chi connectivity index (χ3v) is 3.72. The fourth-order valence-corrected chi connectivity index (χ4v) is 2.54. The fourth-order valence-electron chi connectivity index (χ4n) is 2.09. The first-order chi connectivity index (χ1) is 8.99. The summed E-state index contributed by atoms with van der Waals surface area (Å²) >= 11 is 3.45. The lowest BCUT2D eigenvalue weighted by molar-refractivity contribution is 0.866. The van der Waals surface area contributed by atoms with Gasteiger partial charge in [0.15, 0.2) is 0 Å². The largest absolute Gasteiger partial charge is 0.329 e. The monoisotopic (exact) mass is 318 g/mol. The van der Waals surface area contributed by atoms with Gasteiger partial charge in [0, 0.05) is 23.4 Å². The first-order valence-corrected chi connectivity index (χ1v) is 7.24. The van der Waals surface area contributed by atoms with E-state index in [-0.39, 0.29) is 0 Å². The summed E-state index contributed by atoms with van der Waals surface area (Å²) in [5, 5.41) is 0. The predicted octanol–water partition coefficient (Wildman–Crippen LogP) is 5.04. The van der Waals surface area contributed by atoms with Gasteiger partial charge < -0.3 is 4.90 Å². The van der Waals surface area contributed by atoms with Crippen LogP contribution in [0.5, 0.6) is 0 Å². The van der Waals surface area contributed by atoms with Gasteiger partial charge in [0.1, 0.15) is 5.82 Å². The zero-order valence-corrected chi connectivity index (χ0v) is 13.4. The Balaban J connectivity index is 2.30. The van der Waals surface area contributed by atoms with E-state index in [4.69, 9.17) is 0 Å². The SMILES string of the molecule is Cc1cc(Br)cnc1N(C)c1ccc(C(C)C)cc1. The lowest BCUT2D eigenvalue weighted by Gasteiger charge is -2.21. The molecule has 3 heteroatoms. The molecule has 0 aliphatic rings. The summed E-state index contributed by atoms with van der Waals surface area (Å²) in [7, 11) is 2.05. The zero-order chi connectivity index (χ0) is 14.0. The average molecular weight is 319 g/mol. The van der Waals surface area contributed by atoms with Crippen molar-refractivity contribution in [2.24, 2.45) is 0 Å². The van der Waals surface area contributed by atoms with Gasteiger partial charge in [-0.25, -0.2) is 4.98 Å². The molecule has 2 nitrogen and oxygen atoms in total. The van der Waals surface area contributed by atoms with Crippen LogP contribution in [0.3, 0.4) is 0 Å². The molecule has 0 radical (unpaired) electrons. The summed E-state index contributed by atoms with van der Waals surface area (Å²) in [5.74, 6) is 1.55. The summed E-state index contributed by atoms with van der Waals surface area (Å²) < 4.78 is 1.01. The number of anilines is 2. The van der Waals surface area contributed by atoms with Crippen LogP contribution < -0.4 is 4.90 Å².